The maximum atomic E-state index is 8.23. The fourth-order valence-electron chi connectivity index (χ4n) is 0.463. The molecule has 0 rings (SSSR count). The maximum Gasteiger partial charge on any atom is 0.0669 e. The highest BCUT2D eigenvalue weighted by atomic mass is 14.2. The second kappa shape index (κ2) is 5.84. The molecule has 0 radical (unpaired) electrons. The van der Waals surface area contributed by atoms with Gasteiger partial charge in [0, 0.05) is 0 Å². The first-order chi connectivity index (χ1) is 4.81. The van der Waals surface area contributed by atoms with Gasteiger partial charge in [0.15, 0.2) is 0 Å². The summed E-state index contributed by atoms with van der Waals surface area (Å²) in [5.41, 5.74) is 0.848. The van der Waals surface area contributed by atoms with Gasteiger partial charge < -0.3 is 0 Å². The molecule has 0 aromatic rings. The van der Waals surface area contributed by atoms with Crippen LogP contribution < -0.4 is 0 Å². The third-order valence-corrected chi connectivity index (χ3v) is 0.942. The summed E-state index contributed by atoms with van der Waals surface area (Å²) in [5.74, 6) is 0. The largest absolute Gasteiger partial charge is 0.198 e. The van der Waals surface area contributed by atoms with Gasteiger partial charge in [0.25, 0.3) is 0 Å². The van der Waals surface area contributed by atoms with Crippen molar-refractivity contribution >= 4 is 0 Å². The minimum Gasteiger partial charge on any atom is -0.198 e. The first-order valence-corrected chi connectivity index (χ1v) is 3.15. The van der Waals surface area contributed by atoms with Crippen molar-refractivity contribution in [1.82, 2.24) is 0 Å². The Morgan fingerprint density at radius 2 is 2.30 bits per heavy atom. The lowest BCUT2D eigenvalue weighted by atomic mass is 10.2. The van der Waals surface area contributed by atoms with E-state index in [0.717, 1.165) is 5.57 Å². The smallest absolute Gasteiger partial charge is 0.0669 e. The quantitative estimate of drug-likeness (QED) is 0.543. The fourth-order valence-corrected chi connectivity index (χ4v) is 0.463. The van der Waals surface area contributed by atoms with Crippen LogP contribution in [0.2, 0.25) is 0 Å². The Kier molecular flexibility index (Phi) is 5.09. The Hall–Kier alpha value is -1.29. The molecule has 0 saturated heterocycles. The van der Waals surface area contributed by atoms with E-state index in [1.54, 1.807) is 0 Å². The van der Waals surface area contributed by atoms with Crippen LogP contribution in [-0.2, 0) is 0 Å². The van der Waals surface area contributed by atoms with Gasteiger partial charge in [-0.1, -0.05) is 30.9 Å². The van der Waals surface area contributed by atoms with Crippen LogP contribution in [0.5, 0.6) is 0 Å². The van der Waals surface area contributed by atoms with Gasteiger partial charge in [-0.05, 0) is 12.5 Å². The summed E-state index contributed by atoms with van der Waals surface area (Å²) in [6, 6.07) is 2.02. The molecule has 0 fully saturated rings. The second-order valence-corrected chi connectivity index (χ2v) is 1.88. The lowest BCUT2D eigenvalue weighted by Gasteiger charge is -1.85. The van der Waals surface area contributed by atoms with Crippen LogP contribution in [0.3, 0.4) is 0 Å². The molecule has 1 nitrogen and oxygen atoms in total. The van der Waals surface area contributed by atoms with Crippen LogP contribution in [0.1, 0.15) is 13.3 Å². The first-order valence-electron chi connectivity index (χ1n) is 3.15. The van der Waals surface area contributed by atoms with Crippen molar-refractivity contribution in [2.75, 3.05) is 0 Å². The summed E-state index contributed by atoms with van der Waals surface area (Å²) < 4.78 is 0. The summed E-state index contributed by atoms with van der Waals surface area (Å²) >= 11 is 0. The molecule has 0 aliphatic heterocycles. The van der Waals surface area contributed by atoms with Crippen molar-refractivity contribution in [3.8, 4) is 6.07 Å². The Bertz CT molecular complexity index is 191. The van der Waals surface area contributed by atoms with Crippen LogP contribution in [0.25, 0.3) is 0 Å². The number of nitriles is 1. The van der Waals surface area contributed by atoms with E-state index in [1.807, 2.05) is 37.3 Å². The van der Waals surface area contributed by atoms with E-state index in [9.17, 15) is 0 Å². The lowest BCUT2D eigenvalue weighted by molar-refractivity contribution is 1.29. The molecule has 0 aliphatic carbocycles. The summed E-state index contributed by atoms with van der Waals surface area (Å²) in [7, 11) is 0. The fraction of sp³-hybridized carbons (Fsp3) is 0.222. The zero-order valence-corrected chi connectivity index (χ0v) is 6.17. The lowest BCUT2D eigenvalue weighted by Crippen LogP contribution is -1.69. The van der Waals surface area contributed by atoms with Crippen LogP contribution in [0.15, 0.2) is 36.5 Å². The third-order valence-electron chi connectivity index (χ3n) is 0.942. The van der Waals surface area contributed by atoms with Crippen molar-refractivity contribution in [1.29, 1.82) is 5.26 Å². The normalized spacial score (nSPS) is 10.4. The zero-order valence-electron chi connectivity index (χ0n) is 6.17. The number of rotatable bonds is 3. The summed E-state index contributed by atoms with van der Waals surface area (Å²) in [6.07, 6.45) is 7.95. The van der Waals surface area contributed by atoms with Gasteiger partial charge in [0.1, 0.15) is 0 Å². The highest BCUT2D eigenvalue weighted by molar-refractivity contribution is 5.21. The molecule has 0 amide bonds. The van der Waals surface area contributed by atoms with Crippen LogP contribution in [0.4, 0.5) is 0 Å². The molecule has 0 heterocycles. The van der Waals surface area contributed by atoms with Gasteiger partial charge in [0.05, 0.1) is 12.5 Å². The van der Waals surface area contributed by atoms with Gasteiger partial charge in [-0.3, -0.25) is 0 Å². The molecule has 0 spiro atoms. The van der Waals surface area contributed by atoms with Crippen molar-refractivity contribution in [2.24, 2.45) is 0 Å². The van der Waals surface area contributed by atoms with Crippen LogP contribution in [-0.4, -0.2) is 0 Å². The van der Waals surface area contributed by atoms with E-state index < -0.39 is 0 Å². The van der Waals surface area contributed by atoms with Gasteiger partial charge >= 0.3 is 0 Å². The Balaban J connectivity index is 3.69. The Morgan fingerprint density at radius 3 is 2.80 bits per heavy atom. The summed E-state index contributed by atoms with van der Waals surface area (Å²) in [5, 5.41) is 8.23. The molecule has 0 aliphatic rings. The maximum absolute atomic E-state index is 8.23. The molecule has 0 atom stereocenters. The van der Waals surface area contributed by atoms with Crippen LogP contribution in [0, 0.1) is 11.3 Å². The van der Waals surface area contributed by atoms with E-state index in [2.05, 4.69) is 6.58 Å². The van der Waals surface area contributed by atoms with Crippen molar-refractivity contribution in [2.45, 2.75) is 13.3 Å². The average Bonchev–Trinajstić information content (AvgIpc) is 1.89. The topological polar surface area (TPSA) is 23.8 Å². The van der Waals surface area contributed by atoms with E-state index >= 15 is 0 Å². The first kappa shape index (κ1) is 8.71. The zero-order chi connectivity index (χ0) is 7.82. The molecule has 0 aromatic heterocycles. The van der Waals surface area contributed by atoms with Gasteiger partial charge in [0.2, 0.25) is 0 Å². The molecule has 0 saturated carbocycles. The number of hydrogen-bond acceptors (Lipinski definition) is 1. The number of hydrogen-bond donors (Lipinski definition) is 0. The summed E-state index contributed by atoms with van der Waals surface area (Å²) in [6.45, 7) is 5.61. The van der Waals surface area contributed by atoms with Gasteiger partial charge in [-0.2, -0.15) is 5.26 Å². The minimum absolute atomic E-state index is 0.411. The third kappa shape index (κ3) is 4.86. The SMILES string of the molecule is C=C(C=CC=CC)CC#N. The number of nitrogens with zero attached hydrogens (tertiary/aromatic N) is 1. The molecule has 52 valence electrons. The molecule has 0 unspecified atom stereocenters. The molecule has 0 N–H and O–H groups in total. The van der Waals surface area contributed by atoms with Crippen molar-refractivity contribution in [3.05, 3.63) is 36.5 Å². The standard InChI is InChI=1S/C9H11N/c1-3-4-5-6-9(2)7-8-10/h3-6H,2,7H2,1H3. The van der Waals surface area contributed by atoms with Crippen molar-refractivity contribution in [3.63, 3.8) is 0 Å². The van der Waals surface area contributed by atoms with E-state index in [-0.39, 0.29) is 0 Å². The van der Waals surface area contributed by atoms with E-state index in [1.165, 1.54) is 0 Å². The Morgan fingerprint density at radius 1 is 1.60 bits per heavy atom. The Labute approximate surface area is 62.0 Å². The monoisotopic (exact) mass is 133 g/mol. The second-order valence-electron chi connectivity index (χ2n) is 1.88. The minimum atomic E-state index is 0.411. The predicted molar refractivity (Wildman–Crippen MR) is 43.3 cm³/mol. The molecule has 10 heavy (non-hydrogen) atoms. The van der Waals surface area contributed by atoms with Gasteiger partial charge in [-0.15, -0.1) is 0 Å². The van der Waals surface area contributed by atoms with Crippen LogP contribution >= 0.6 is 0 Å². The molecular formula is C9H11N. The molecular weight excluding hydrogens is 122 g/mol. The van der Waals surface area contributed by atoms with E-state index in [0.29, 0.717) is 6.42 Å². The highest BCUT2D eigenvalue weighted by Crippen LogP contribution is 1.97. The molecule has 0 aromatic carbocycles. The number of allylic oxidation sites excluding steroid dienone is 5. The molecule has 0 bridgehead atoms. The average molecular weight is 133 g/mol. The van der Waals surface area contributed by atoms with Crippen molar-refractivity contribution < 1.29 is 0 Å². The summed E-state index contributed by atoms with van der Waals surface area (Å²) in [4.78, 5) is 0. The highest BCUT2D eigenvalue weighted by Gasteiger charge is 1.81. The molecule has 1 heteroatoms. The van der Waals surface area contributed by atoms with Gasteiger partial charge in [-0.25, -0.2) is 0 Å². The van der Waals surface area contributed by atoms with E-state index in [4.69, 9.17) is 5.26 Å². The predicted octanol–water partition coefficient (Wildman–Crippen LogP) is 2.59.